The molecule has 1 fully saturated rings. The lowest BCUT2D eigenvalue weighted by molar-refractivity contribution is 0.0526. The quantitative estimate of drug-likeness (QED) is 0.414. The van der Waals surface area contributed by atoms with Gasteiger partial charge in [0.25, 0.3) is 0 Å². The van der Waals surface area contributed by atoms with E-state index in [9.17, 15) is 4.79 Å². The van der Waals surface area contributed by atoms with Crippen LogP contribution in [-0.4, -0.2) is 17.6 Å². The van der Waals surface area contributed by atoms with E-state index >= 15 is 0 Å². The third-order valence-corrected chi connectivity index (χ3v) is 6.27. The Bertz CT molecular complexity index is 993. The molecular formula is C27H29NO3. The van der Waals surface area contributed by atoms with Gasteiger partial charge in [-0.3, -0.25) is 4.98 Å². The van der Waals surface area contributed by atoms with E-state index in [0.29, 0.717) is 18.8 Å². The Hall–Kier alpha value is -3.14. The molecule has 0 aliphatic heterocycles. The Kier molecular flexibility index (Phi) is 6.36. The number of nitrogens with zero attached hydrogens (tertiary/aromatic N) is 1. The number of carbonyl (C=O) groups excluding carboxylic acids is 1. The van der Waals surface area contributed by atoms with Gasteiger partial charge in [-0.05, 0) is 72.7 Å². The maximum atomic E-state index is 12.0. The third kappa shape index (κ3) is 4.79. The second kappa shape index (κ2) is 9.34. The molecule has 0 amide bonds. The first-order valence-electron chi connectivity index (χ1n) is 11.0. The van der Waals surface area contributed by atoms with Crippen LogP contribution in [0.1, 0.15) is 66.2 Å². The van der Waals surface area contributed by atoms with Gasteiger partial charge in [0.15, 0.2) is 0 Å². The first-order chi connectivity index (χ1) is 15.1. The molecule has 4 heteroatoms. The molecule has 4 rings (SSSR count). The van der Waals surface area contributed by atoms with E-state index in [2.05, 4.69) is 36.2 Å². The molecule has 1 heterocycles. The number of benzene rings is 2. The highest BCUT2D eigenvalue weighted by molar-refractivity contribution is 5.89. The number of pyridine rings is 1. The average Bonchev–Trinajstić information content (AvgIpc) is 2.79. The summed E-state index contributed by atoms with van der Waals surface area (Å²) in [5, 5.41) is 0. The van der Waals surface area contributed by atoms with E-state index in [0.717, 1.165) is 11.4 Å². The van der Waals surface area contributed by atoms with Crippen molar-refractivity contribution in [2.75, 3.05) is 6.61 Å². The monoisotopic (exact) mass is 415 g/mol. The van der Waals surface area contributed by atoms with Crippen LogP contribution in [0.2, 0.25) is 0 Å². The van der Waals surface area contributed by atoms with Crippen LogP contribution in [-0.2, 0) is 11.3 Å². The SMILES string of the molecule is CCOC(=O)c1ccc(C(c2ccc(OCc3ccccn3)cc2)C2(C)CCC2)cc1. The number of rotatable bonds is 8. The minimum absolute atomic E-state index is 0.224. The summed E-state index contributed by atoms with van der Waals surface area (Å²) in [6.45, 7) is 5.03. The second-order valence-electron chi connectivity index (χ2n) is 8.46. The summed E-state index contributed by atoms with van der Waals surface area (Å²) in [4.78, 5) is 16.3. The first-order valence-corrected chi connectivity index (χ1v) is 11.0. The smallest absolute Gasteiger partial charge is 0.338 e. The molecule has 31 heavy (non-hydrogen) atoms. The van der Waals surface area contributed by atoms with Crippen molar-refractivity contribution < 1.29 is 14.3 Å². The van der Waals surface area contributed by atoms with Crippen LogP contribution in [0.25, 0.3) is 0 Å². The molecule has 0 saturated heterocycles. The van der Waals surface area contributed by atoms with Crippen molar-refractivity contribution in [1.29, 1.82) is 0 Å². The Morgan fingerprint density at radius 1 is 1.00 bits per heavy atom. The zero-order valence-corrected chi connectivity index (χ0v) is 18.2. The van der Waals surface area contributed by atoms with Crippen LogP contribution in [0, 0.1) is 5.41 Å². The Labute approximate surface area is 184 Å². The topological polar surface area (TPSA) is 48.4 Å². The van der Waals surface area contributed by atoms with Gasteiger partial charge in [-0.1, -0.05) is 43.7 Å². The van der Waals surface area contributed by atoms with Gasteiger partial charge in [0, 0.05) is 12.1 Å². The van der Waals surface area contributed by atoms with Crippen molar-refractivity contribution in [3.63, 3.8) is 0 Å². The molecular weight excluding hydrogens is 386 g/mol. The molecule has 0 radical (unpaired) electrons. The lowest BCUT2D eigenvalue weighted by Gasteiger charge is -2.46. The molecule has 1 aliphatic carbocycles. The molecule has 0 spiro atoms. The zero-order chi connectivity index (χ0) is 21.7. The highest BCUT2D eigenvalue weighted by Crippen LogP contribution is 2.54. The van der Waals surface area contributed by atoms with E-state index in [1.54, 1.807) is 6.20 Å². The maximum absolute atomic E-state index is 12.0. The van der Waals surface area contributed by atoms with Crippen LogP contribution in [0.5, 0.6) is 5.75 Å². The van der Waals surface area contributed by atoms with Crippen molar-refractivity contribution in [3.8, 4) is 5.75 Å². The van der Waals surface area contributed by atoms with Gasteiger partial charge in [-0.2, -0.15) is 0 Å². The number of aromatic nitrogens is 1. The predicted octanol–water partition coefficient (Wildman–Crippen LogP) is 6.16. The van der Waals surface area contributed by atoms with Gasteiger partial charge in [0.1, 0.15) is 12.4 Å². The number of esters is 1. The van der Waals surface area contributed by atoms with Gasteiger partial charge < -0.3 is 9.47 Å². The van der Waals surface area contributed by atoms with Crippen LogP contribution in [0.3, 0.4) is 0 Å². The fraction of sp³-hybridized carbons (Fsp3) is 0.333. The van der Waals surface area contributed by atoms with Crippen LogP contribution >= 0.6 is 0 Å². The molecule has 0 bridgehead atoms. The molecule has 4 nitrogen and oxygen atoms in total. The number of ether oxygens (including phenoxy) is 2. The first kappa shape index (κ1) is 21.1. The van der Waals surface area contributed by atoms with Crippen LogP contribution < -0.4 is 4.74 Å². The lowest BCUT2D eigenvalue weighted by Crippen LogP contribution is -2.33. The van der Waals surface area contributed by atoms with Gasteiger partial charge in [0.05, 0.1) is 17.9 Å². The molecule has 1 saturated carbocycles. The summed E-state index contributed by atoms with van der Waals surface area (Å²) < 4.78 is 11.0. The molecule has 1 atom stereocenters. The second-order valence-corrected chi connectivity index (χ2v) is 8.46. The van der Waals surface area contributed by atoms with Crippen molar-refractivity contribution in [2.24, 2.45) is 5.41 Å². The number of hydrogen-bond donors (Lipinski definition) is 0. The lowest BCUT2D eigenvalue weighted by atomic mass is 9.59. The van der Waals surface area contributed by atoms with Gasteiger partial charge in [0.2, 0.25) is 0 Å². The molecule has 0 N–H and O–H groups in total. The summed E-state index contributed by atoms with van der Waals surface area (Å²) >= 11 is 0. The highest BCUT2D eigenvalue weighted by Gasteiger charge is 2.41. The van der Waals surface area contributed by atoms with E-state index in [-0.39, 0.29) is 17.3 Å². The summed E-state index contributed by atoms with van der Waals surface area (Å²) in [5.74, 6) is 0.849. The Morgan fingerprint density at radius 2 is 1.68 bits per heavy atom. The van der Waals surface area contributed by atoms with Crippen molar-refractivity contribution >= 4 is 5.97 Å². The van der Waals surface area contributed by atoms with E-state index < -0.39 is 0 Å². The standard InChI is InChI=1S/C27H29NO3/c1-3-30-26(29)22-10-8-20(9-11-22)25(27(2)16-6-17-27)21-12-14-24(15-13-21)31-19-23-7-4-5-18-28-23/h4-5,7-15,18,25H,3,6,16-17,19H2,1-2H3. The summed E-state index contributed by atoms with van der Waals surface area (Å²) in [6.07, 6.45) is 5.45. The van der Waals surface area contributed by atoms with Gasteiger partial charge in [-0.15, -0.1) is 0 Å². The van der Waals surface area contributed by atoms with Crippen LogP contribution in [0.15, 0.2) is 72.9 Å². The zero-order valence-electron chi connectivity index (χ0n) is 18.2. The number of carbonyl (C=O) groups is 1. The van der Waals surface area contributed by atoms with Crippen molar-refractivity contribution in [1.82, 2.24) is 4.98 Å². The molecule has 3 aromatic rings. The highest BCUT2D eigenvalue weighted by atomic mass is 16.5. The molecule has 1 aromatic heterocycles. The summed E-state index contributed by atoms with van der Waals surface area (Å²) in [6, 6.07) is 22.2. The van der Waals surface area contributed by atoms with E-state index in [1.165, 1.54) is 30.4 Å². The van der Waals surface area contributed by atoms with E-state index in [4.69, 9.17) is 9.47 Å². The molecule has 1 unspecified atom stereocenters. The average molecular weight is 416 g/mol. The Morgan fingerprint density at radius 3 is 2.23 bits per heavy atom. The minimum atomic E-state index is -0.269. The molecule has 160 valence electrons. The van der Waals surface area contributed by atoms with E-state index in [1.807, 2.05) is 49.4 Å². The predicted molar refractivity (Wildman–Crippen MR) is 121 cm³/mol. The third-order valence-electron chi connectivity index (χ3n) is 6.27. The summed E-state index contributed by atoms with van der Waals surface area (Å²) in [5.41, 5.74) is 4.24. The Balaban J connectivity index is 1.53. The molecule has 1 aliphatic rings. The van der Waals surface area contributed by atoms with Gasteiger partial charge in [-0.25, -0.2) is 4.79 Å². The van der Waals surface area contributed by atoms with Crippen LogP contribution in [0.4, 0.5) is 0 Å². The normalized spacial score (nSPS) is 15.5. The van der Waals surface area contributed by atoms with Gasteiger partial charge >= 0.3 is 5.97 Å². The number of hydrogen-bond acceptors (Lipinski definition) is 4. The maximum Gasteiger partial charge on any atom is 0.338 e. The van der Waals surface area contributed by atoms with Crippen molar-refractivity contribution in [3.05, 3.63) is 95.3 Å². The van der Waals surface area contributed by atoms with Crippen molar-refractivity contribution in [2.45, 2.75) is 45.6 Å². The fourth-order valence-electron chi connectivity index (χ4n) is 4.44. The molecule has 2 aromatic carbocycles. The largest absolute Gasteiger partial charge is 0.487 e. The summed E-state index contributed by atoms with van der Waals surface area (Å²) in [7, 11) is 0. The minimum Gasteiger partial charge on any atom is -0.487 e. The fourth-order valence-corrected chi connectivity index (χ4v) is 4.44.